The lowest BCUT2D eigenvalue weighted by Gasteiger charge is -2.04. The summed E-state index contributed by atoms with van der Waals surface area (Å²) in [7, 11) is -3.42. The number of carbonyl (C=O) groups is 1. The average molecular weight is 292 g/mol. The van der Waals surface area contributed by atoms with Crippen molar-refractivity contribution in [3.63, 3.8) is 0 Å². The largest absolute Gasteiger partial charge is 0.462 e. The Hall–Kier alpha value is -1.14. The minimum atomic E-state index is -3.42. The van der Waals surface area contributed by atoms with Crippen LogP contribution in [0, 0.1) is 0 Å². The van der Waals surface area contributed by atoms with Crippen LogP contribution < -0.4 is 0 Å². The molecule has 0 N–H and O–H groups in total. The van der Waals surface area contributed by atoms with Crippen molar-refractivity contribution in [2.24, 2.45) is 0 Å². The predicted molar refractivity (Wildman–Crippen MR) is 67.6 cm³/mol. The summed E-state index contributed by atoms with van der Waals surface area (Å²) in [6.45, 7) is 1.95. The zero-order valence-electron chi connectivity index (χ0n) is 9.93. The molecule has 18 heavy (non-hydrogen) atoms. The summed E-state index contributed by atoms with van der Waals surface area (Å²) in [5, 5.41) is -0.0549. The second-order valence-corrected chi connectivity index (χ2v) is 5.90. The molecule has 5 nitrogen and oxygen atoms in total. The number of halogens is 1. The van der Waals surface area contributed by atoms with Gasteiger partial charge in [0, 0.05) is 12.1 Å². The summed E-state index contributed by atoms with van der Waals surface area (Å²) in [6, 6.07) is 2.69. The summed E-state index contributed by atoms with van der Waals surface area (Å²) in [6.07, 6.45) is 1.57. The van der Waals surface area contributed by atoms with E-state index >= 15 is 0 Å². The fourth-order valence-electron chi connectivity index (χ4n) is 1.25. The molecule has 100 valence electrons. The average Bonchev–Trinajstić information content (AvgIpc) is 2.37. The molecule has 0 atom stereocenters. The number of sulfone groups is 1. The monoisotopic (exact) mass is 291 g/mol. The Morgan fingerprint density at radius 1 is 1.44 bits per heavy atom. The number of rotatable bonds is 6. The molecule has 0 amide bonds. The number of pyridine rings is 1. The van der Waals surface area contributed by atoms with Crippen LogP contribution in [0.15, 0.2) is 23.4 Å². The number of ether oxygens (including phenoxy) is 1. The number of alkyl halides is 1. The molecule has 7 heteroatoms. The Morgan fingerprint density at radius 3 is 2.67 bits per heavy atom. The van der Waals surface area contributed by atoms with Gasteiger partial charge in [-0.3, -0.25) is 0 Å². The Labute approximate surface area is 111 Å². The molecule has 1 heterocycles. The van der Waals surface area contributed by atoms with Gasteiger partial charge < -0.3 is 4.74 Å². The normalized spacial score (nSPS) is 11.2. The van der Waals surface area contributed by atoms with Crippen LogP contribution in [0.3, 0.4) is 0 Å². The minimum absolute atomic E-state index is 0.0533. The van der Waals surface area contributed by atoms with E-state index in [0.29, 0.717) is 6.42 Å². The lowest BCUT2D eigenvalue weighted by Crippen LogP contribution is -2.11. The van der Waals surface area contributed by atoms with Crippen molar-refractivity contribution in [3.8, 4) is 0 Å². The fourth-order valence-corrected chi connectivity index (χ4v) is 2.76. The number of aromatic nitrogens is 1. The Morgan fingerprint density at radius 2 is 2.17 bits per heavy atom. The molecule has 0 aliphatic carbocycles. The first-order chi connectivity index (χ1) is 8.51. The summed E-state index contributed by atoms with van der Waals surface area (Å²) in [5.41, 5.74) is 0.230. The highest BCUT2D eigenvalue weighted by molar-refractivity contribution is 7.91. The third kappa shape index (κ3) is 3.96. The molecule has 0 aliphatic rings. The van der Waals surface area contributed by atoms with Crippen LogP contribution in [0.5, 0.6) is 0 Å². The smallest absolute Gasteiger partial charge is 0.339 e. The molecule has 1 rings (SSSR count). The van der Waals surface area contributed by atoms with Crippen LogP contribution in [0.25, 0.3) is 0 Å². The van der Waals surface area contributed by atoms with Crippen LogP contribution in [0.4, 0.5) is 0 Å². The lowest BCUT2D eigenvalue weighted by molar-refractivity contribution is 0.0525. The molecule has 0 aromatic carbocycles. The maximum Gasteiger partial charge on any atom is 0.339 e. The van der Waals surface area contributed by atoms with Crippen molar-refractivity contribution >= 4 is 27.4 Å². The molecule has 0 aliphatic heterocycles. The van der Waals surface area contributed by atoms with Crippen molar-refractivity contribution in [2.45, 2.75) is 18.4 Å². The lowest BCUT2D eigenvalue weighted by atomic mass is 10.3. The van der Waals surface area contributed by atoms with Gasteiger partial charge in [-0.2, -0.15) is 0 Å². The van der Waals surface area contributed by atoms with Crippen molar-refractivity contribution in [2.75, 3.05) is 18.2 Å². The van der Waals surface area contributed by atoms with Crippen molar-refractivity contribution in [1.29, 1.82) is 0 Å². The van der Waals surface area contributed by atoms with Gasteiger partial charge in [0.15, 0.2) is 14.9 Å². The van der Waals surface area contributed by atoms with Crippen molar-refractivity contribution in [3.05, 3.63) is 23.9 Å². The topological polar surface area (TPSA) is 73.3 Å². The van der Waals surface area contributed by atoms with Gasteiger partial charge in [-0.1, -0.05) is 0 Å². The van der Waals surface area contributed by atoms with E-state index in [9.17, 15) is 13.2 Å². The Bertz CT molecular complexity index is 498. The van der Waals surface area contributed by atoms with Gasteiger partial charge in [-0.25, -0.2) is 18.2 Å². The molecule has 0 saturated carbocycles. The Balaban J connectivity index is 2.85. The molecular formula is C11H14ClNO4S. The van der Waals surface area contributed by atoms with Gasteiger partial charge in [0.25, 0.3) is 0 Å². The summed E-state index contributed by atoms with van der Waals surface area (Å²) in [5.74, 6) is -0.294. The van der Waals surface area contributed by atoms with Crippen LogP contribution in [-0.4, -0.2) is 37.6 Å². The molecule has 0 bridgehead atoms. The summed E-state index contributed by atoms with van der Waals surface area (Å²) >= 11 is 5.45. The van der Waals surface area contributed by atoms with Gasteiger partial charge in [0.2, 0.25) is 0 Å². The number of esters is 1. The van der Waals surface area contributed by atoms with Gasteiger partial charge in [0.05, 0.1) is 17.9 Å². The van der Waals surface area contributed by atoms with E-state index in [4.69, 9.17) is 16.3 Å². The quantitative estimate of drug-likeness (QED) is 0.589. The highest BCUT2D eigenvalue weighted by Gasteiger charge is 2.16. The third-order valence-corrected chi connectivity index (χ3v) is 4.08. The molecule has 0 unspecified atom stereocenters. The molecule has 0 fully saturated rings. The number of nitrogens with zero attached hydrogens (tertiary/aromatic N) is 1. The van der Waals surface area contributed by atoms with E-state index in [2.05, 4.69) is 4.98 Å². The molecular weight excluding hydrogens is 278 g/mol. The van der Waals surface area contributed by atoms with Crippen LogP contribution in [0.1, 0.15) is 23.7 Å². The van der Waals surface area contributed by atoms with E-state index < -0.39 is 15.8 Å². The van der Waals surface area contributed by atoms with E-state index in [1.807, 2.05) is 0 Å². The second kappa shape index (κ2) is 6.70. The summed E-state index contributed by atoms with van der Waals surface area (Å²) in [4.78, 5) is 15.1. The van der Waals surface area contributed by atoms with E-state index in [1.165, 1.54) is 18.3 Å². The van der Waals surface area contributed by atoms with E-state index in [1.54, 1.807) is 6.92 Å². The first-order valence-electron chi connectivity index (χ1n) is 5.43. The zero-order chi connectivity index (χ0) is 13.6. The molecule has 0 saturated heterocycles. The third-order valence-electron chi connectivity index (χ3n) is 2.11. The molecule has 1 aromatic rings. The van der Waals surface area contributed by atoms with Crippen molar-refractivity contribution < 1.29 is 17.9 Å². The molecule has 0 spiro atoms. The summed E-state index contributed by atoms with van der Waals surface area (Å²) < 4.78 is 28.3. The zero-order valence-corrected chi connectivity index (χ0v) is 11.5. The first kappa shape index (κ1) is 14.9. The first-order valence-corrected chi connectivity index (χ1v) is 7.62. The highest BCUT2D eigenvalue weighted by atomic mass is 35.5. The number of hydrogen-bond acceptors (Lipinski definition) is 5. The number of hydrogen-bond donors (Lipinski definition) is 0. The van der Waals surface area contributed by atoms with Gasteiger partial charge in [0.1, 0.15) is 0 Å². The Kier molecular flexibility index (Phi) is 5.55. The fraction of sp³-hybridized carbons (Fsp3) is 0.455. The van der Waals surface area contributed by atoms with E-state index in [-0.39, 0.29) is 28.8 Å². The van der Waals surface area contributed by atoms with Crippen LogP contribution in [-0.2, 0) is 14.6 Å². The van der Waals surface area contributed by atoms with Gasteiger partial charge >= 0.3 is 5.97 Å². The SMILES string of the molecule is CCOC(=O)c1ccc(S(=O)(=O)CCCCl)nc1. The minimum Gasteiger partial charge on any atom is -0.462 e. The van der Waals surface area contributed by atoms with Gasteiger partial charge in [-0.15, -0.1) is 11.6 Å². The van der Waals surface area contributed by atoms with E-state index in [0.717, 1.165) is 0 Å². The molecule has 0 radical (unpaired) electrons. The standard InChI is InChI=1S/C11H14ClNO4S/c1-2-17-11(14)9-4-5-10(13-8-9)18(15,16)7-3-6-12/h4-5,8H,2-3,6-7H2,1H3. The van der Waals surface area contributed by atoms with Crippen molar-refractivity contribution in [1.82, 2.24) is 4.98 Å². The maximum absolute atomic E-state index is 11.8. The second-order valence-electron chi connectivity index (χ2n) is 3.47. The highest BCUT2D eigenvalue weighted by Crippen LogP contribution is 2.11. The van der Waals surface area contributed by atoms with Crippen LogP contribution >= 0.6 is 11.6 Å². The predicted octanol–water partition coefficient (Wildman–Crippen LogP) is 1.66. The number of carbonyl (C=O) groups excluding carboxylic acids is 1. The molecule has 1 aromatic heterocycles. The van der Waals surface area contributed by atoms with Gasteiger partial charge in [-0.05, 0) is 25.5 Å². The van der Waals surface area contributed by atoms with Crippen LogP contribution in [0.2, 0.25) is 0 Å². The maximum atomic E-state index is 11.8.